The Morgan fingerprint density at radius 3 is 2.71 bits per heavy atom. The van der Waals surface area contributed by atoms with Gasteiger partial charge in [-0.3, -0.25) is 9.69 Å². The number of nitrogens with zero attached hydrogens (tertiary/aromatic N) is 2. The zero-order valence-corrected chi connectivity index (χ0v) is 12.6. The standard InChI is InChI=1S/C16H24N4O/c1-19-10-12(9-17)8-15(19)13-2-4-14(5-3-13)20-7-6-18-16(21)11-20/h2-5,12,15H,6-11,17H2,1H3,(H,18,21). The zero-order valence-electron chi connectivity index (χ0n) is 12.6. The minimum Gasteiger partial charge on any atom is -0.360 e. The maximum absolute atomic E-state index is 11.5. The second-order valence-electron chi connectivity index (χ2n) is 6.16. The highest BCUT2D eigenvalue weighted by molar-refractivity contribution is 5.82. The third kappa shape index (κ3) is 3.04. The number of hydrogen-bond acceptors (Lipinski definition) is 4. The molecule has 0 aromatic heterocycles. The van der Waals surface area contributed by atoms with Crippen molar-refractivity contribution in [3.05, 3.63) is 29.8 Å². The predicted molar refractivity (Wildman–Crippen MR) is 84.2 cm³/mol. The lowest BCUT2D eigenvalue weighted by atomic mass is 9.99. The summed E-state index contributed by atoms with van der Waals surface area (Å²) in [6, 6.07) is 9.14. The largest absolute Gasteiger partial charge is 0.360 e. The number of anilines is 1. The summed E-state index contributed by atoms with van der Waals surface area (Å²) in [6.07, 6.45) is 1.14. The second kappa shape index (κ2) is 6.03. The Hall–Kier alpha value is -1.59. The molecule has 21 heavy (non-hydrogen) atoms. The van der Waals surface area contributed by atoms with Gasteiger partial charge in [-0.25, -0.2) is 0 Å². The fraction of sp³-hybridized carbons (Fsp3) is 0.562. The lowest BCUT2D eigenvalue weighted by Crippen LogP contribution is -2.47. The molecule has 3 N–H and O–H groups in total. The number of benzene rings is 1. The van der Waals surface area contributed by atoms with Crippen LogP contribution in [0.4, 0.5) is 5.69 Å². The number of rotatable bonds is 3. The first-order valence-corrected chi connectivity index (χ1v) is 7.69. The molecule has 5 nitrogen and oxygen atoms in total. The Balaban J connectivity index is 1.71. The molecule has 2 unspecified atom stereocenters. The van der Waals surface area contributed by atoms with Gasteiger partial charge in [0.2, 0.25) is 5.91 Å². The summed E-state index contributed by atoms with van der Waals surface area (Å²) in [6.45, 7) is 3.91. The molecule has 1 aromatic carbocycles. The second-order valence-corrected chi connectivity index (χ2v) is 6.16. The number of likely N-dealkylation sites (tertiary alicyclic amines) is 1. The number of carbonyl (C=O) groups is 1. The van der Waals surface area contributed by atoms with E-state index in [1.54, 1.807) is 0 Å². The molecule has 2 aliphatic heterocycles. The number of amides is 1. The van der Waals surface area contributed by atoms with Crippen LogP contribution in [0.15, 0.2) is 24.3 Å². The van der Waals surface area contributed by atoms with Gasteiger partial charge in [-0.1, -0.05) is 12.1 Å². The molecule has 0 bridgehead atoms. The molecular weight excluding hydrogens is 264 g/mol. The van der Waals surface area contributed by atoms with Crippen LogP contribution < -0.4 is 16.0 Å². The topological polar surface area (TPSA) is 61.6 Å². The van der Waals surface area contributed by atoms with Crippen LogP contribution in [-0.2, 0) is 4.79 Å². The van der Waals surface area contributed by atoms with Gasteiger partial charge >= 0.3 is 0 Å². The van der Waals surface area contributed by atoms with E-state index >= 15 is 0 Å². The lowest BCUT2D eigenvalue weighted by molar-refractivity contribution is -0.120. The van der Waals surface area contributed by atoms with Crippen LogP contribution in [0.25, 0.3) is 0 Å². The summed E-state index contributed by atoms with van der Waals surface area (Å²) in [5, 5.41) is 2.86. The molecule has 0 aliphatic carbocycles. The number of carbonyl (C=O) groups excluding carboxylic acids is 1. The first-order valence-electron chi connectivity index (χ1n) is 7.69. The fourth-order valence-electron chi connectivity index (χ4n) is 3.43. The van der Waals surface area contributed by atoms with Gasteiger partial charge in [0, 0.05) is 31.4 Å². The Labute approximate surface area is 126 Å². The molecule has 0 radical (unpaired) electrons. The molecule has 2 heterocycles. The van der Waals surface area contributed by atoms with Crippen LogP contribution in [-0.4, -0.2) is 50.6 Å². The molecule has 5 heteroatoms. The summed E-state index contributed by atoms with van der Waals surface area (Å²) < 4.78 is 0. The van der Waals surface area contributed by atoms with Crippen LogP contribution in [0.2, 0.25) is 0 Å². The number of nitrogens with two attached hydrogens (primary N) is 1. The summed E-state index contributed by atoms with van der Waals surface area (Å²) in [4.78, 5) is 16.0. The van der Waals surface area contributed by atoms with Crippen molar-refractivity contribution in [2.75, 3.05) is 44.7 Å². The first kappa shape index (κ1) is 14.4. The van der Waals surface area contributed by atoms with Gasteiger partial charge in [-0.2, -0.15) is 0 Å². The van der Waals surface area contributed by atoms with E-state index in [4.69, 9.17) is 5.73 Å². The van der Waals surface area contributed by atoms with Crippen molar-refractivity contribution in [3.63, 3.8) is 0 Å². The van der Waals surface area contributed by atoms with Crippen molar-refractivity contribution in [1.82, 2.24) is 10.2 Å². The van der Waals surface area contributed by atoms with Crippen molar-refractivity contribution >= 4 is 11.6 Å². The van der Waals surface area contributed by atoms with Gasteiger partial charge in [0.05, 0.1) is 6.54 Å². The number of piperazine rings is 1. The van der Waals surface area contributed by atoms with Gasteiger partial charge in [0.15, 0.2) is 0 Å². The quantitative estimate of drug-likeness (QED) is 0.854. The Morgan fingerprint density at radius 1 is 1.33 bits per heavy atom. The summed E-state index contributed by atoms with van der Waals surface area (Å²) in [5.41, 5.74) is 8.28. The van der Waals surface area contributed by atoms with Crippen molar-refractivity contribution in [2.24, 2.45) is 11.7 Å². The van der Waals surface area contributed by atoms with Gasteiger partial charge < -0.3 is 16.0 Å². The Morgan fingerprint density at radius 2 is 2.10 bits per heavy atom. The molecular formula is C16H24N4O. The molecule has 0 saturated carbocycles. The van der Waals surface area contributed by atoms with Gasteiger partial charge in [0.1, 0.15) is 0 Å². The van der Waals surface area contributed by atoms with Crippen molar-refractivity contribution in [1.29, 1.82) is 0 Å². The zero-order chi connectivity index (χ0) is 14.8. The van der Waals surface area contributed by atoms with E-state index in [9.17, 15) is 4.79 Å². The highest BCUT2D eigenvalue weighted by atomic mass is 16.2. The first-order chi connectivity index (χ1) is 10.2. The predicted octanol–water partition coefficient (Wildman–Crippen LogP) is 0.574. The monoisotopic (exact) mass is 288 g/mol. The third-order valence-electron chi connectivity index (χ3n) is 4.65. The summed E-state index contributed by atoms with van der Waals surface area (Å²) >= 11 is 0. The van der Waals surface area contributed by atoms with Crippen LogP contribution in [0.5, 0.6) is 0 Å². The van der Waals surface area contributed by atoms with E-state index in [1.165, 1.54) is 5.56 Å². The van der Waals surface area contributed by atoms with Gasteiger partial charge in [-0.15, -0.1) is 0 Å². The number of nitrogens with one attached hydrogen (secondary N) is 1. The third-order valence-corrected chi connectivity index (χ3v) is 4.65. The smallest absolute Gasteiger partial charge is 0.239 e. The minimum absolute atomic E-state index is 0.103. The number of hydrogen-bond donors (Lipinski definition) is 2. The minimum atomic E-state index is 0.103. The van der Waals surface area contributed by atoms with Crippen LogP contribution in [0.1, 0.15) is 18.0 Å². The average molecular weight is 288 g/mol. The molecule has 2 atom stereocenters. The van der Waals surface area contributed by atoms with E-state index < -0.39 is 0 Å². The van der Waals surface area contributed by atoms with E-state index in [-0.39, 0.29) is 5.91 Å². The molecule has 0 spiro atoms. The van der Waals surface area contributed by atoms with E-state index in [1.807, 2.05) is 0 Å². The SMILES string of the molecule is CN1CC(CN)CC1c1ccc(N2CCNC(=O)C2)cc1. The fourth-order valence-corrected chi connectivity index (χ4v) is 3.43. The van der Waals surface area contributed by atoms with Crippen molar-refractivity contribution < 1.29 is 4.79 Å². The van der Waals surface area contributed by atoms with Crippen molar-refractivity contribution in [2.45, 2.75) is 12.5 Å². The normalized spacial score (nSPS) is 27.0. The molecule has 1 amide bonds. The summed E-state index contributed by atoms with van der Waals surface area (Å²) in [7, 11) is 2.17. The maximum Gasteiger partial charge on any atom is 0.239 e. The van der Waals surface area contributed by atoms with Gasteiger partial charge in [-0.05, 0) is 43.6 Å². The Bertz CT molecular complexity index is 502. The van der Waals surface area contributed by atoms with Crippen LogP contribution in [0.3, 0.4) is 0 Å². The molecule has 3 rings (SSSR count). The Kier molecular flexibility index (Phi) is 4.12. The average Bonchev–Trinajstić information content (AvgIpc) is 2.89. The molecule has 2 aliphatic rings. The van der Waals surface area contributed by atoms with Crippen LogP contribution >= 0.6 is 0 Å². The van der Waals surface area contributed by atoms with E-state index in [0.717, 1.165) is 38.3 Å². The van der Waals surface area contributed by atoms with E-state index in [2.05, 4.69) is 46.4 Å². The molecule has 2 saturated heterocycles. The lowest BCUT2D eigenvalue weighted by Gasteiger charge is -2.29. The molecule has 114 valence electrons. The molecule has 1 aromatic rings. The van der Waals surface area contributed by atoms with Gasteiger partial charge in [0.25, 0.3) is 0 Å². The molecule has 2 fully saturated rings. The van der Waals surface area contributed by atoms with Crippen LogP contribution in [0, 0.1) is 5.92 Å². The van der Waals surface area contributed by atoms with E-state index in [0.29, 0.717) is 18.5 Å². The highest BCUT2D eigenvalue weighted by Gasteiger charge is 2.29. The summed E-state index contributed by atoms with van der Waals surface area (Å²) in [5.74, 6) is 0.706. The van der Waals surface area contributed by atoms with Crippen molar-refractivity contribution in [3.8, 4) is 0 Å². The maximum atomic E-state index is 11.5. The highest BCUT2D eigenvalue weighted by Crippen LogP contribution is 2.34.